The highest BCUT2D eigenvalue weighted by Gasteiger charge is 2.46. The topological polar surface area (TPSA) is 151 Å². The molecule has 0 aliphatic carbocycles. The Morgan fingerprint density at radius 3 is 2.35 bits per heavy atom. The minimum atomic E-state index is -4.17. The van der Waals surface area contributed by atoms with Gasteiger partial charge in [-0.1, -0.05) is 0 Å². The number of carbonyl (C=O) groups is 2. The Morgan fingerprint density at radius 1 is 1.19 bits per heavy atom. The molecule has 4 atom stereocenters. The van der Waals surface area contributed by atoms with Gasteiger partial charge in [-0.05, 0) is 45.0 Å². The minimum Gasteiger partial charge on any atom is -0.497 e. The van der Waals surface area contributed by atoms with Crippen LogP contribution in [-0.2, 0) is 32.9 Å². The number of carbonyl (C=O) groups excluding carboxylic acids is 2. The molecular formula is C18H27N2O10P. The fourth-order valence-corrected chi connectivity index (χ4v) is 4.25. The van der Waals surface area contributed by atoms with Crippen molar-refractivity contribution in [1.82, 2.24) is 10.6 Å². The maximum absolute atomic E-state index is 13.4. The van der Waals surface area contributed by atoms with Gasteiger partial charge in [-0.2, -0.15) is 5.09 Å². The van der Waals surface area contributed by atoms with Crippen LogP contribution in [0.4, 0.5) is 0 Å². The molecule has 1 heterocycles. The van der Waals surface area contributed by atoms with Gasteiger partial charge in [0.15, 0.2) is 11.9 Å². The van der Waals surface area contributed by atoms with E-state index < -0.39 is 50.3 Å². The molecule has 2 rings (SSSR count). The molecule has 174 valence electrons. The number of rotatable bonds is 10. The molecule has 1 aliphatic rings. The SMILES string of the molecule is COC(=O)[C@@H](C)NP(=O)(OC[C@H]1OC(C)(C)O[C@H]1C(=O)NO)Oc1ccc(OC)cc1. The fraction of sp³-hybridized carbons (Fsp3) is 0.556. The molecule has 1 aliphatic heterocycles. The van der Waals surface area contributed by atoms with Crippen molar-refractivity contribution >= 4 is 19.6 Å². The van der Waals surface area contributed by atoms with Crippen LogP contribution in [0, 0.1) is 0 Å². The van der Waals surface area contributed by atoms with Crippen molar-refractivity contribution in [3.63, 3.8) is 0 Å². The summed E-state index contributed by atoms with van der Waals surface area (Å²) in [6.07, 6.45) is -2.25. The van der Waals surface area contributed by atoms with Crippen molar-refractivity contribution in [2.45, 2.75) is 44.8 Å². The van der Waals surface area contributed by atoms with Gasteiger partial charge >= 0.3 is 13.7 Å². The highest BCUT2D eigenvalue weighted by Crippen LogP contribution is 2.46. The molecule has 1 amide bonds. The number of amides is 1. The van der Waals surface area contributed by atoms with Gasteiger partial charge < -0.3 is 23.5 Å². The van der Waals surface area contributed by atoms with Crippen LogP contribution in [-0.4, -0.2) is 61.9 Å². The van der Waals surface area contributed by atoms with Gasteiger partial charge in [-0.3, -0.25) is 19.3 Å². The predicted octanol–water partition coefficient (Wildman–Crippen LogP) is 1.38. The van der Waals surface area contributed by atoms with E-state index in [1.807, 2.05) is 0 Å². The first-order valence-corrected chi connectivity index (χ1v) is 10.8. The third kappa shape index (κ3) is 6.89. The predicted molar refractivity (Wildman–Crippen MR) is 106 cm³/mol. The summed E-state index contributed by atoms with van der Waals surface area (Å²) in [7, 11) is -1.49. The third-order valence-corrected chi connectivity index (χ3v) is 5.80. The van der Waals surface area contributed by atoms with Crippen LogP contribution >= 0.6 is 7.75 Å². The fourth-order valence-electron chi connectivity index (χ4n) is 2.75. The van der Waals surface area contributed by atoms with E-state index in [0.717, 1.165) is 0 Å². The van der Waals surface area contributed by atoms with Crippen LogP contribution in [0.2, 0.25) is 0 Å². The van der Waals surface area contributed by atoms with E-state index in [2.05, 4.69) is 9.82 Å². The Bertz CT molecular complexity index is 816. The van der Waals surface area contributed by atoms with Crippen LogP contribution in [0.5, 0.6) is 11.5 Å². The Balaban J connectivity index is 2.19. The summed E-state index contributed by atoms with van der Waals surface area (Å²) in [5.74, 6) is -1.99. The first-order chi connectivity index (χ1) is 14.5. The first kappa shape index (κ1) is 25.1. The maximum Gasteiger partial charge on any atom is 0.459 e. The summed E-state index contributed by atoms with van der Waals surface area (Å²) in [4.78, 5) is 23.7. The Hall–Kier alpha value is -2.21. The maximum atomic E-state index is 13.4. The van der Waals surface area contributed by atoms with E-state index in [9.17, 15) is 14.2 Å². The summed E-state index contributed by atoms with van der Waals surface area (Å²) in [6, 6.07) is 5.13. The molecule has 0 bridgehead atoms. The molecule has 1 fully saturated rings. The average Bonchev–Trinajstić information content (AvgIpc) is 3.06. The Kier molecular flexibility index (Phi) is 8.41. The zero-order valence-corrected chi connectivity index (χ0v) is 18.7. The zero-order chi connectivity index (χ0) is 23.2. The summed E-state index contributed by atoms with van der Waals surface area (Å²) >= 11 is 0. The zero-order valence-electron chi connectivity index (χ0n) is 17.8. The van der Waals surface area contributed by atoms with Crippen LogP contribution in [0.25, 0.3) is 0 Å². The number of hydrogen-bond donors (Lipinski definition) is 3. The molecule has 0 radical (unpaired) electrons. The highest BCUT2D eigenvalue weighted by atomic mass is 31.2. The van der Waals surface area contributed by atoms with Crippen molar-refractivity contribution in [1.29, 1.82) is 0 Å². The van der Waals surface area contributed by atoms with Crippen LogP contribution in [0.3, 0.4) is 0 Å². The summed E-state index contributed by atoms with van der Waals surface area (Å²) in [5, 5.41) is 11.4. The van der Waals surface area contributed by atoms with Gasteiger partial charge in [-0.15, -0.1) is 0 Å². The number of benzene rings is 1. The van der Waals surface area contributed by atoms with E-state index in [1.54, 1.807) is 26.0 Å². The van der Waals surface area contributed by atoms with Crippen molar-refractivity contribution in [3.05, 3.63) is 24.3 Å². The van der Waals surface area contributed by atoms with E-state index in [4.69, 9.17) is 28.5 Å². The van der Waals surface area contributed by atoms with Crippen molar-refractivity contribution in [3.8, 4) is 11.5 Å². The van der Waals surface area contributed by atoms with E-state index >= 15 is 0 Å². The molecule has 13 heteroatoms. The lowest BCUT2D eigenvalue weighted by Crippen LogP contribution is -2.42. The number of esters is 1. The summed E-state index contributed by atoms with van der Waals surface area (Å²) < 4.78 is 45.1. The molecule has 1 saturated heterocycles. The van der Waals surface area contributed by atoms with Gasteiger partial charge in [0.25, 0.3) is 5.91 Å². The molecule has 12 nitrogen and oxygen atoms in total. The van der Waals surface area contributed by atoms with Gasteiger partial charge in [0.05, 0.1) is 20.8 Å². The lowest BCUT2D eigenvalue weighted by Gasteiger charge is -2.24. The number of hydrogen-bond acceptors (Lipinski definition) is 10. The molecule has 0 spiro atoms. The van der Waals surface area contributed by atoms with Crippen LogP contribution in [0.15, 0.2) is 24.3 Å². The van der Waals surface area contributed by atoms with Gasteiger partial charge in [-0.25, -0.2) is 10.0 Å². The number of hydroxylamine groups is 1. The smallest absolute Gasteiger partial charge is 0.459 e. The first-order valence-electron chi connectivity index (χ1n) is 9.26. The van der Waals surface area contributed by atoms with Gasteiger partial charge in [0.2, 0.25) is 0 Å². The van der Waals surface area contributed by atoms with Crippen LogP contribution < -0.4 is 19.8 Å². The normalized spacial score (nSPS) is 22.8. The standard InChI is InChI=1S/C18H27N2O10P/c1-11(17(22)26-5)20-31(24,30-13-8-6-12(25-4)7-9-13)27-10-14-15(16(21)19-23)29-18(2,3)28-14/h6-9,11,14-15,23H,10H2,1-5H3,(H,19,21)(H,20,24)/t11-,14-,15-,31?/m1/s1. The summed E-state index contributed by atoms with van der Waals surface area (Å²) in [6.45, 7) is 4.13. The van der Waals surface area contributed by atoms with Crippen molar-refractivity contribution in [2.24, 2.45) is 0 Å². The quantitative estimate of drug-likeness (QED) is 0.200. The second kappa shape index (κ2) is 10.4. The van der Waals surface area contributed by atoms with Crippen LogP contribution in [0.1, 0.15) is 20.8 Å². The van der Waals surface area contributed by atoms with E-state index in [1.165, 1.54) is 38.8 Å². The van der Waals surface area contributed by atoms with E-state index in [0.29, 0.717) is 5.75 Å². The number of methoxy groups -OCH3 is 2. The lowest BCUT2D eigenvalue weighted by molar-refractivity contribution is -0.160. The minimum absolute atomic E-state index is 0.169. The molecule has 1 unspecified atom stereocenters. The monoisotopic (exact) mass is 462 g/mol. The van der Waals surface area contributed by atoms with Gasteiger partial charge in [0, 0.05) is 0 Å². The summed E-state index contributed by atoms with van der Waals surface area (Å²) in [5.41, 5.74) is 1.49. The Labute approximate surface area is 179 Å². The van der Waals surface area contributed by atoms with Crippen molar-refractivity contribution in [2.75, 3.05) is 20.8 Å². The Morgan fingerprint density at radius 2 is 1.81 bits per heavy atom. The second-order valence-electron chi connectivity index (χ2n) is 7.00. The molecule has 0 aromatic heterocycles. The third-order valence-electron chi connectivity index (χ3n) is 4.15. The molecule has 1 aromatic rings. The lowest BCUT2D eigenvalue weighted by atomic mass is 10.2. The number of ether oxygens (including phenoxy) is 4. The largest absolute Gasteiger partial charge is 0.497 e. The average molecular weight is 462 g/mol. The molecule has 0 saturated carbocycles. The number of nitrogens with one attached hydrogen (secondary N) is 2. The second-order valence-corrected chi connectivity index (χ2v) is 8.70. The molecule has 3 N–H and O–H groups in total. The van der Waals surface area contributed by atoms with Crippen molar-refractivity contribution < 1.29 is 47.4 Å². The molecule has 31 heavy (non-hydrogen) atoms. The molecular weight excluding hydrogens is 435 g/mol. The van der Waals surface area contributed by atoms with Gasteiger partial charge in [0.1, 0.15) is 23.6 Å². The highest BCUT2D eigenvalue weighted by molar-refractivity contribution is 7.52. The molecule has 1 aromatic carbocycles. The van der Waals surface area contributed by atoms with E-state index in [-0.39, 0.29) is 5.75 Å².